The number of aromatic nitrogens is 1. The maximum Gasteiger partial charge on any atom is 0.0897 e. The zero-order chi connectivity index (χ0) is 11.8. The molecule has 5 heteroatoms. The van der Waals surface area contributed by atoms with E-state index in [1.807, 2.05) is 0 Å². The highest BCUT2D eigenvalue weighted by atomic mass is 32.1. The quantitative estimate of drug-likeness (QED) is 0.785. The highest BCUT2D eigenvalue weighted by Crippen LogP contribution is 2.23. The monoisotopic (exact) mass is 253 g/mol. The predicted octanol–water partition coefficient (Wildman–Crippen LogP) is 0.966. The normalized spacial score (nSPS) is 30.7. The summed E-state index contributed by atoms with van der Waals surface area (Å²) in [5.74, 6) is 0. The molecule has 3 rings (SSSR count). The smallest absolute Gasteiger partial charge is 0.0897 e. The molecule has 94 valence electrons. The highest BCUT2D eigenvalue weighted by Gasteiger charge is 2.38. The first-order chi connectivity index (χ1) is 8.22. The van der Waals surface area contributed by atoms with Gasteiger partial charge in [-0.3, -0.25) is 9.80 Å². The Hall–Kier alpha value is -0.490. The number of fused-ring (bicyclic) bond motifs is 1. The van der Waals surface area contributed by atoms with E-state index in [0.717, 1.165) is 37.8 Å². The van der Waals surface area contributed by atoms with E-state index < -0.39 is 0 Å². The average molecular weight is 253 g/mol. The van der Waals surface area contributed by atoms with E-state index in [0.29, 0.717) is 12.1 Å². The summed E-state index contributed by atoms with van der Waals surface area (Å²) in [7, 11) is 2.21. The van der Waals surface area contributed by atoms with Gasteiger partial charge in [-0.05, 0) is 14.0 Å². The molecule has 2 fully saturated rings. The molecule has 0 aromatic carbocycles. The lowest BCUT2D eigenvalue weighted by Crippen LogP contribution is -2.48. The van der Waals surface area contributed by atoms with Gasteiger partial charge in [0.05, 0.1) is 23.4 Å². The van der Waals surface area contributed by atoms with E-state index in [9.17, 15) is 0 Å². The summed E-state index contributed by atoms with van der Waals surface area (Å²) >= 11 is 1.73. The molecule has 17 heavy (non-hydrogen) atoms. The Bertz CT molecular complexity index is 395. The van der Waals surface area contributed by atoms with E-state index in [1.54, 1.807) is 11.3 Å². The number of hydrogen-bond acceptors (Lipinski definition) is 5. The Kier molecular flexibility index (Phi) is 3.17. The van der Waals surface area contributed by atoms with Gasteiger partial charge in [-0.2, -0.15) is 0 Å². The minimum absolute atomic E-state index is 0.397. The molecule has 0 N–H and O–H groups in total. The third-order valence-corrected chi connectivity index (χ3v) is 4.53. The van der Waals surface area contributed by atoms with Gasteiger partial charge in [0, 0.05) is 37.6 Å². The van der Waals surface area contributed by atoms with Crippen LogP contribution in [0, 0.1) is 6.92 Å². The standard InChI is InChI=1S/C12H19N3OS/c1-9-13-10(8-17-9)5-15-6-11-12(7-15)16-4-3-14(11)2/h8,11-12H,3-7H2,1-2H3/t11-,12+/m0/s1. The molecule has 0 radical (unpaired) electrons. The van der Waals surface area contributed by atoms with Gasteiger partial charge in [0.1, 0.15) is 0 Å². The summed E-state index contributed by atoms with van der Waals surface area (Å²) in [5, 5.41) is 3.33. The minimum atomic E-state index is 0.397. The van der Waals surface area contributed by atoms with Crippen molar-refractivity contribution in [3.8, 4) is 0 Å². The molecule has 1 aromatic rings. The number of morpholine rings is 1. The van der Waals surface area contributed by atoms with E-state index in [-0.39, 0.29) is 0 Å². The number of aryl methyl sites for hydroxylation is 1. The van der Waals surface area contributed by atoms with Crippen LogP contribution in [0.25, 0.3) is 0 Å². The van der Waals surface area contributed by atoms with Crippen LogP contribution in [0.2, 0.25) is 0 Å². The first kappa shape index (κ1) is 11.6. The number of rotatable bonds is 2. The summed E-state index contributed by atoms with van der Waals surface area (Å²) in [6, 6.07) is 0.573. The maximum atomic E-state index is 5.84. The van der Waals surface area contributed by atoms with Crippen LogP contribution in [-0.2, 0) is 11.3 Å². The highest BCUT2D eigenvalue weighted by molar-refractivity contribution is 7.09. The van der Waals surface area contributed by atoms with Crippen molar-refractivity contribution in [3.05, 3.63) is 16.1 Å². The molecular weight excluding hydrogens is 234 g/mol. The molecule has 2 saturated heterocycles. The van der Waals surface area contributed by atoms with Crippen molar-refractivity contribution in [2.24, 2.45) is 0 Å². The number of ether oxygens (including phenoxy) is 1. The topological polar surface area (TPSA) is 28.6 Å². The SMILES string of the molecule is Cc1nc(CN2C[C@H]3OCCN(C)[C@H]3C2)cs1. The van der Waals surface area contributed by atoms with Crippen LogP contribution >= 0.6 is 11.3 Å². The second-order valence-electron chi connectivity index (χ2n) is 5.01. The predicted molar refractivity (Wildman–Crippen MR) is 68.3 cm³/mol. The Morgan fingerprint density at radius 1 is 1.53 bits per heavy atom. The summed E-state index contributed by atoms with van der Waals surface area (Å²) in [4.78, 5) is 9.43. The lowest BCUT2D eigenvalue weighted by molar-refractivity contribution is -0.0370. The van der Waals surface area contributed by atoms with Gasteiger partial charge in [-0.15, -0.1) is 11.3 Å². The van der Waals surface area contributed by atoms with E-state index >= 15 is 0 Å². The van der Waals surface area contributed by atoms with Crippen molar-refractivity contribution in [1.29, 1.82) is 0 Å². The molecular formula is C12H19N3OS. The van der Waals surface area contributed by atoms with Crippen LogP contribution in [0.15, 0.2) is 5.38 Å². The maximum absolute atomic E-state index is 5.84. The molecule has 0 amide bonds. The van der Waals surface area contributed by atoms with Crippen LogP contribution in [0.4, 0.5) is 0 Å². The number of likely N-dealkylation sites (N-methyl/N-ethyl adjacent to an activating group) is 1. The number of nitrogens with zero attached hydrogens (tertiary/aromatic N) is 3. The van der Waals surface area contributed by atoms with E-state index in [4.69, 9.17) is 4.74 Å². The molecule has 0 aliphatic carbocycles. The first-order valence-electron chi connectivity index (χ1n) is 6.17. The van der Waals surface area contributed by atoms with Gasteiger partial charge in [0.25, 0.3) is 0 Å². The summed E-state index contributed by atoms with van der Waals surface area (Å²) in [5.41, 5.74) is 1.20. The molecule has 2 aliphatic rings. The van der Waals surface area contributed by atoms with Crippen LogP contribution in [-0.4, -0.2) is 60.2 Å². The van der Waals surface area contributed by atoms with Gasteiger partial charge < -0.3 is 4.74 Å². The van der Waals surface area contributed by atoms with Gasteiger partial charge in [-0.1, -0.05) is 0 Å². The van der Waals surface area contributed by atoms with Crippen molar-refractivity contribution >= 4 is 11.3 Å². The Labute approximate surface area is 106 Å². The van der Waals surface area contributed by atoms with Crippen LogP contribution in [0.3, 0.4) is 0 Å². The number of likely N-dealkylation sites (tertiary alicyclic amines) is 1. The lowest BCUT2D eigenvalue weighted by atomic mass is 10.1. The Morgan fingerprint density at radius 3 is 3.12 bits per heavy atom. The molecule has 0 saturated carbocycles. The first-order valence-corrected chi connectivity index (χ1v) is 7.05. The van der Waals surface area contributed by atoms with Crippen LogP contribution in [0.1, 0.15) is 10.7 Å². The zero-order valence-electron chi connectivity index (χ0n) is 10.4. The molecule has 3 heterocycles. The van der Waals surface area contributed by atoms with Crippen molar-refractivity contribution in [2.75, 3.05) is 33.3 Å². The van der Waals surface area contributed by atoms with Crippen molar-refractivity contribution in [1.82, 2.24) is 14.8 Å². The van der Waals surface area contributed by atoms with Crippen LogP contribution in [0.5, 0.6) is 0 Å². The number of thiazole rings is 1. The van der Waals surface area contributed by atoms with E-state index in [2.05, 4.69) is 34.1 Å². The Balaban J connectivity index is 1.63. The van der Waals surface area contributed by atoms with Crippen molar-refractivity contribution in [3.63, 3.8) is 0 Å². The summed E-state index contributed by atoms with van der Waals surface area (Å²) < 4.78 is 5.84. The van der Waals surface area contributed by atoms with Crippen LogP contribution < -0.4 is 0 Å². The molecule has 0 bridgehead atoms. The van der Waals surface area contributed by atoms with Gasteiger partial charge in [-0.25, -0.2) is 4.98 Å². The van der Waals surface area contributed by atoms with Gasteiger partial charge >= 0.3 is 0 Å². The number of hydrogen-bond donors (Lipinski definition) is 0. The fourth-order valence-electron chi connectivity index (χ4n) is 2.77. The molecule has 2 atom stereocenters. The van der Waals surface area contributed by atoms with Gasteiger partial charge in [0.2, 0.25) is 0 Å². The largest absolute Gasteiger partial charge is 0.374 e. The second-order valence-corrected chi connectivity index (χ2v) is 6.07. The summed E-state index contributed by atoms with van der Waals surface area (Å²) in [6.07, 6.45) is 0.397. The minimum Gasteiger partial charge on any atom is -0.374 e. The van der Waals surface area contributed by atoms with Gasteiger partial charge in [0.15, 0.2) is 0 Å². The lowest BCUT2D eigenvalue weighted by Gasteiger charge is -2.33. The third kappa shape index (κ3) is 2.38. The van der Waals surface area contributed by atoms with Crippen molar-refractivity contribution < 1.29 is 4.74 Å². The molecule has 0 unspecified atom stereocenters. The van der Waals surface area contributed by atoms with E-state index in [1.165, 1.54) is 5.69 Å². The third-order valence-electron chi connectivity index (χ3n) is 3.71. The summed E-state index contributed by atoms with van der Waals surface area (Å²) in [6.45, 7) is 7.12. The van der Waals surface area contributed by atoms with Crippen molar-refractivity contribution in [2.45, 2.75) is 25.6 Å². The second kappa shape index (κ2) is 4.65. The molecule has 1 aromatic heterocycles. The fourth-order valence-corrected chi connectivity index (χ4v) is 3.38. The average Bonchev–Trinajstić information content (AvgIpc) is 2.86. The molecule has 2 aliphatic heterocycles. The fraction of sp³-hybridized carbons (Fsp3) is 0.750. The zero-order valence-corrected chi connectivity index (χ0v) is 11.2. The molecule has 0 spiro atoms. The Morgan fingerprint density at radius 2 is 2.41 bits per heavy atom. The molecule has 4 nitrogen and oxygen atoms in total.